The van der Waals surface area contributed by atoms with Gasteiger partial charge in [0.05, 0.1) is 6.61 Å². The maximum Gasteiger partial charge on any atom is 0.302 e. The summed E-state index contributed by atoms with van der Waals surface area (Å²) in [5, 5.41) is 0. The minimum atomic E-state index is -0.318. The fraction of sp³-hybridized carbons (Fsp3) is 0.800. The van der Waals surface area contributed by atoms with Crippen molar-refractivity contribution in [3.63, 3.8) is 0 Å². The Morgan fingerprint density at radius 2 is 1.85 bits per heavy atom. The topological polar surface area (TPSA) is 43.4 Å². The highest BCUT2D eigenvalue weighted by Crippen LogP contribution is 2.01. The summed E-state index contributed by atoms with van der Waals surface area (Å²) in [7, 11) is 0. The molecule has 0 aromatic rings. The molecule has 0 amide bonds. The second kappa shape index (κ2) is 7.77. The normalized spacial score (nSPS) is 9.69. The van der Waals surface area contributed by atoms with Gasteiger partial charge in [0.2, 0.25) is 0 Å². The summed E-state index contributed by atoms with van der Waals surface area (Å²) >= 11 is 0. The van der Waals surface area contributed by atoms with E-state index >= 15 is 0 Å². The molecule has 0 fully saturated rings. The molecule has 0 spiro atoms. The van der Waals surface area contributed by atoms with E-state index in [0.29, 0.717) is 12.8 Å². The molecule has 0 atom stereocenters. The highest BCUT2D eigenvalue weighted by molar-refractivity contribution is 5.78. The number of carbonyl (C=O) groups excluding carboxylic acids is 2. The van der Waals surface area contributed by atoms with E-state index in [4.69, 9.17) is 0 Å². The van der Waals surface area contributed by atoms with E-state index < -0.39 is 0 Å². The predicted molar refractivity (Wildman–Crippen MR) is 50.4 cm³/mol. The van der Waals surface area contributed by atoms with Gasteiger partial charge in [-0.1, -0.05) is 19.8 Å². The Hall–Kier alpha value is -0.860. The van der Waals surface area contributed by atoms with Crippen LogP contribution in [-0.2, 0) is 14.3 Å². The van der Waals surface area contributed by atoms with Crippen LogP contribution in [0.4, 0.5) is 0 Å². The highest BCUT2D eigenvalue weighted by Gasteiger charge is 2.02. The maximum absolute atomic E-state index is 11.1. The molecule has 3 heteroatoms. The van der Waals surface area contributed by atoms with Crippen LogP contribution in [0.15, 0.2) is 0 Å². The Balaban J connectivity index is 3.25. The predicted octanol–water partition coefficient (Wildman–Crippen LogP) is 2.09. The average molecular weight is 186 g/mol. The Labute approximate surface area is 79.5 Å². The Morgan fingerprint density at radius 1 is 1.15 bits per heavy atom. The molecule has 0 aromatic carbocycles. The van der Waals surface area contributed by atoms with Gasteiger partial charge in [-0.2, -0.15) is 0 Å². The van der Waals surface area contributed by atoms with Crippen LogP contribution < -0.4 is 0 Å². The van der Waals surface area contributed by atoms with Gasteiger partial charge in [-0.05, 0) is 6.42 Å². The third-order valence-electron chi connectivity index (χ3n) is 1.75. The molecule has 13 heavy (non-hydrogen) atoms. The zero-order valence-corrected chi connectivity index (χ0v) is 8.47. The number of unbranched alkanes of at least 4 members (excludes halogenated alkanes) is 2. The standard InChI is InChI=1S/C10H18O3/c1-3-4-5-6-10(12)7-8-13-9(2)11/h3-8H2,1-2H3. The van der Waals surface area contributed by atoms with Crippen molar-refractivity contribution in [2.24, 2.45) is 0 Å². The van der Waals surface area contributed by atoms with E-state index in [9.17, 15) is 9.59 Å². The van der Waals surface area contributed by atoms with Crippen molar-refractivity contribution in [2.75, 3.05) is 6.61 Å². The fourth-order valence-electron chi connectivity index (χ4n) is 1.01. The average Bonchev–Trinajstić information content (AvgIpc) is 2.04. The first-order valence-electron chi connectivity index (χ1n) is 4.82. The zero-order valence-electron chi connectivity index (χ0n) is 8.47. The number of ether oxygens (including phenoxy) is 1. The fourth-order valence-corrected chi connectivity index (χ4v) is 1.01. The molecule has 0 aliphatic rings. The van der Waals surface area contributed by atoms with Gasteiger partial charge in [-0.25, -0.2) is 0 Å². The van der Waals surface area contributed by atoms with Crippen LogP contribution >= 0.6 is 0 Å². The van der Waals surface area contributed by atoms with Gasteiger partial charge >= 0.3 is 5.97 Å². The van der Waals surface area contributed by atoms with E-state index in [2.05, 4.69) is 11.7 Å². The first-order valence-corrected chi connectivity index (χ1v) is 4.82. The minimum absolute atomic E-state index is 0.190. The summed E-state index contributed by atoms with van der Waals surface area (Å²) < 4.78 is 4.66. The maximum atomic E-state index is 11.1. The van der Waals surface area contributed by atoms with Crippen molar-refractivity contribution in [1.82, 2.24) is 0 Å². The number of esters is 1. The van der Waals surface area contributed by atoms with Crippen LogP contribution in [-0.4, -0.2) is 18.4 Å². The quantitative estimate of drug-likeness (QED) is 0.451. The molecule has 0 rings (SSSR count). The SMILES string of the molecule is CCCCCC(=O)CCOC(C)=O. The smallest absolute Gasteiger partial charge is 0.302 e. The molecule has 0 saturated heterocycles. The van der Waals surface area contributed by atoms with Crippen molar-refractivity contribution in [1.29, 1.82) is 0 Å². The number of rotatable bonds is 7. The molecule has 0 aliphatic heterocycles. The summed E-state index contributed by atoms with van der Waals surface area (Å²) in [5.74, 6) is -0.129. The number of hydrogen-bond acceptors (Lipinski definition) is 3. The van der Waals surface area contributed by atoms with E-state index in [0.717, 1.165) is 19.3 Å². The molecule has 0 bridgehead atoms. The number of carbonyl (C=O) groups is 2. The van der Waals surface area contributed by atoms with E-state index in [1.54, 1.807) is 0 Å². The lowest BCUT2D eigenvalue weighted by Crippen LogP contribution is -2.06. The van der Waals surface area contributed by atoms with E-state index in [1.165, 1.54) is 6.92 Å². The highest BCUT2D eigenvalue weighted by atomic mass is 16.5. The first-order chi connectivity index (χ1) is 6.16. The second-order valence-corrected chi connectivity index (χ2v) is 3.09. The summed E-state index contributed by atoms with van der Waals surface area (Å²) in [6, 6.07) is 0. The van der Waals surface area contributed by atoms with Crippen molar-refractivity contribution in [2.45, 2.75) is 46.0 Å². The molecule has 0 unspecified atom stereocenters. The van der Waals surface area contributed by atoms with Crippen LogP contribution in [0.2, 0.25) is 0 Å². The third kappa shape index (κ3) is 9.05. The van der Waals surface area contributed by atoms with Gasteiger partial charge in [0.1, 0.15) is 5.78 Å². The summed E-state index contributed by atoms with van der Waals surface area (Å²) in [6.45, 7) is 3.69. The molecular weight excluding hydrogens is 168 g/mol. The largest absolute Gasteiger partial charge is 0.465 e. The van der Waals surface area contributed by atoms with Gasteiger partial charge in [-0.15, -0.1) is 0 Å². The lowest BCUT2D eigenvalue weighted by atomic mass is 10.1. The monoisotopic (exact) mass is 186 g/mol. The van der Waals surface area contributed by atoms with Crippen LogP contribution in [0.1, 0.15) is 46.0 Å². The van der Waals surface area contributed by atoms with E-state index in [1.807, 2.05) is 0 Å². The second-order valence-electron chi connectivity index (χ2n) is 3.09. The van der Waals surface area contributed by atoms with Crippen LogP contribution in [0, 0.1) is 0 Å². The van der Waals surface area contributed by atoms with Crippen molar-refractivity contribution >= 4 is 11.8 Å². The van der Waals surface area contributed by atoms with Crippen molar-refractivity contribution in [3.05, 3.63) is 0 Å². The number of ketones is 1. The molecule has 0 heterocycles. The van der Waals surface area contributed by atoms with Gasteiger partial charge in [0.15, 0.2) is 0 Å². The van der Waals surface area contributed by atoms with Crippen LogP contribution in [0.5, 0.6) is 0 Å². The summed E-state index contributed by atoms with van der Waals surface area (Å²) in [5.41, 5.74) is 0. The zero-order chi connectivity index (χ0) is 10.1. The Morgan fingerprint density at radius 3 is 2.38 bits per heavy atom. The Bertz CT molecular complexity index is 164. The third-order valence-corrected chi connectivity index (χ3v) is 1.75. The van der Waals surface area contributed by atoms with Crippen LogP contribution in [0.25, 0.3) is 0 Å². The number of hydrogen-bond donors (Lipinski definition) is 0. The molecule has 0 aliphatic carbocycles. The lowest BCUT2D eigenvalue weighted by Gasteiger charge is -2.00. The first kappa shape index (κ1) is 12.1. The van der Waals surface area contributed by atoms with Gasteiger partial charge in [-0.3, -0.25) is 9.59 Å². The lowest BCUT2D eigenvalue weighted by molar-refractivity contribution is -0.141. The van der Waals surface area contributed by atoms with Crippen LogP contribution in [0.3, 0.4) is 0 Å². The molecule has 0 saturated carbocycles. The molecule has 76 valence electrons. The Kier molecular flexibility index (Phi) is 7.26. The van der Waals surface area contributed by atoms with Crippen molar-refractivity contribution in [3.8, 4) is 0 Å². The minimum Gasteiger partial charge on any atom is -0.465 e. The van der Waals surface area contributed by atoms with Gasteiger partial charge in [0.25, 0.3) is 0 Å². The summed E-state index contributed by atoms with van der Waals surface area (Å²) in [4.78, 5) is 21.5. The number of Topliss-reactive ketones (excluding diaryl/α,β-unsaturated/α-hetero) is 1. The molecule has 0 aromatic heterocycles. The van der Waals surface area contributed by atoms with Gasteiger partial charge in [0, 0.05) is 19.8 Å². The molecular formula is C10H18O3. The molecule has 0 radical (unpaired) electrons. The molecule has 0 N–H and O–H groups in total. The van der Waals surface area contributed by atoms with Crippen molar-refractivity contribution < 1.29 is 14.3 Å². The van der Waals surface area contributed by atoms with Gasteiger partial charge < -0.3 is 4.74 Å². The summed E-state index contributed by atoms with van der Waals surface area (Å²) in [6.07, 6.45) is 4.16. The molecule has 3 nitrogen and oxygen atoms in total. The van der Waals surface area contributed by atoms with E-state index in [-0.39, 0.29) is 18.4 Å².